The van der Waals surface area contributed by atoms with Crippen LogP contribution in [0.25, 0.3) is 11.0 Å². The molecule has 3 aromatic rings. The monoisotopic (exact) mass is 370 g/mol. The predicted octanol–water partition coefficient (Wildman–Crippen LogP) is 4.17. The normalized spacial score (nSPS) is 11.1. The number of halogens is 3. The van der Waals surface area contributed by atoms with Gasteiger partial charge >= 0.3 is 0 Å². The van der Waals surface area contributed by atoms with E-state index in [2.05, 4.69) is 19.7 Å². The summed E-state index contributed by atoms with van der Waals surface area (Å²) in [6.07, 6.45) is -1.02. The number of alkyl halides is 2. The zero-order valence-electron chi connectivity index (χ0n) is 13.1. The van der Waals surface area contributed by atoms with Gasteiger partial charge in [-0.15, -0.1) is 0 Å². The van der Waals surface area contributed by atoms with Gasteiger partial charge in [0.2, 0.25) is 5.88 Å². The highest BCUT2D eigenvalue weighted by atomic mass is 32.2. The van der Waals surface area contributed by atoms with E-state index in [-0.39, 0.29) is 17.5 Å². The third kappa shape index (κ3) is 3.43. The van der Waals surface area contributed by atoms with Crippen LogP contribution in [0.15, 0.2) is 29.3 Å². The average molecular weight is 370 g/mol. The average Bonchev–Trinajstić information content (AvgIpc) is 3.02. The van der Waals surface area contributed by atoms with E-state index in [1.54, 1.807) is 12.3 Å². The number of aromatic amines is 1. The Hall–Kier alpha value is -2.62. The van der Waals surface area contributed by atoms with Gasteiger partial charge in [-0.1, -0.05) is 0 Å². The molecular weight excluding hydrogens is 357 g/mol. The summed E-state index contributed by atoms with van der Waals surface area (Å²) in [6.45, 7) is 0. The number of anilines is 1. The Balaban J connectivity index is 1.84. The quantitative estimate of drug-likeness (QED) is 0.635. The predicted molar refractivity (Wildman–Crippen MR) is 87.8 cm³/mol. The first-order valence-corrected chi connectivity index (χ1v) is 7.82. The number of pyridine rings is 2. The van der Waals surface area contributed by atoms with Gasteiger partial charge in [-0.3, -0.25) is 0 Å². The second kappa shape index (κ2) is 7.09. The van der Waals surface area contributed by atoms with E-state index in [0.29, 0.717) is 21.6 Å². The fraction of sp³-hybridized carbons (Fsp3) is 0.200. The van der Waals surface area contributed by atoms with E-state index in [0.717, 1.165) is 11.9 Å². The number of rotatable bonds is 6. The lowest BCUT2D eigenvalue weighted by atomic mass is 10.3. The molecule has 0 aliphatic heterocycles. The molecule has 0 atom stereocenters. The van der Waals surface area contributed by atoms with Gasteiger partial charge in [0.1, 0.15) is 17.0 Å². The molecule has 3 rings (SSSR count). The number of hydrogen-bond donors (Lipinski definition) is 2. The number of nitrogens with zero attached hydrogens (tertiary/aromatic N) is 2. The summed E-state index contributed by atoms with van der Waals surface area (Å²) in [5.41, 5.74) is 0.340. The summed E-state index contributed by atoms with van der Waals surface area (Å²) >= 11 is 1.14. The smallest absolute Gasteiger partial charge is 0.280 e. The van der Waals surface area contributed by atoms with Gasteiger partial charge in [0.05, 0.1) is 19.1 Å². The summed E-state index contributed by atoms with van der Waals surface area (Å²) < 4.78 is 52.1. The molecule has 0 fully saturated rings. The van der Waals surface area contributed by atoms with Gasteiger partial charge in [0, 0.05) is 17.6 Å². The van der Waals surface area contributed by atoms with Crippen LogP contribution in [0.2, 0.25) is 0 Å². The van der Waals surface area contributed by atoms with Crippen LogP contribution in [0.4, 0.5) is 18.9 Å². The second-order valence-corrected chi connectivity index (χ2v) is 5.67. The van der Waals surface area contributed by atoms with Crippen molar-refractivity contribution in [2.45, 2.75) is 11.3 Å². The molecule has 0 amide bonds. The number of methoxy groups -OCH3 is 2. The molecule has 132 valence electrons. The van der Waals surface area contributed by atoms with Crippen molar-refractivity contribution in [1.29, 1.82) is 0 Å². The van der Waals surface area contributed by atoms with Crippen molar-refractivity contribution in [3.05, 3.63) is 35.9 Å². The van der Waals surface area contributed by atoms with Crippen LogP contribution >= 0.6 is 11.9 Å². The molecule has 10 heteroatoms. The molecule has 6 nitrogen and oxygen atoms in total. The van der Waals surface area contributed by atoms with Crippen LogP contribution in [0, 0.1) is 5.82 Å². The standard InChI is InChI=1S/C15H13F3N4O2S/c1-23-14-8(16)5-10(15(21-14)24-2)22-25-11-6-19-13-7(11)3-4-9(20-13)12(17)18/h3-6,12,22H,1-2H3,(H,19,20). The number of fused-ring (bicyclic) bond motifs is 1. The van der Waals surface area contributed by atoms with Crippen molar-refractivity contribution < 1.29 is 22.6 Å². The largest absolute Gasteiger partial charge is 0.479 e. The van der Waals surface area contributed by atoms with Gasteiger partial charge in [0.25, 0.3) is 12.3 Å². The van der Waals surface area contributed by atoms with Crippen molar-refractivity contribution in [3.63, 3.8) is 0 Å². The molecule has 0 aromatic carbocycles. The topological polar surface area (TPSA) is 72.1 Å². The molecule has 3 heterocycles. The van der Waals surface area contributed by atoms with Crippen LogP contribution in [-0.4, -0.2) is 29.2 Å². The minimum Gasteiger partial charge on any atom is -0.479 e. The van der Waals surface area contributed by atoms with Gasteiger partial charge in [0.15, 0.2) is 5.82 Å². The molecule has 0 radical (unpaired) electrons. The molecular formula is C15H13F3N4O2S. The van der Waals surface area contributed by atoms with Crippen molar-refractivity contribution in [2.24, 2.45) is 0 Å². The lowest BCUT2D eigenvalue weighted by Gasteiger charge is -2.11. The minimum absolute atomic E-state index is 0.156. The Morgan fingerprint density at radius 2 is 1.92 bits per heavy atom. The Morgan fingerprint density at radius 1 is 1.16 bits per heavy atom. The van der Waals surface area contributed by atoms with E-state index in [9.17, 15) is 13.2 Å². The first kappa shape index (κ1) is 17.2. The molecule has 0 aliphatic carbocycles. The number of aromatic nitrogens is 3. The van der Waals surface area contributed by atoms with E-state index < -0.39 is 12.2 Å². The maximum atomic E-state index is 13.8. The number of hydrogen-bond acceptors (Lipinski definition) is 6. The van der Waals surface area contributed by atoms with Gasteiger partial charge < -0.3 is 19.2 Å². The summed E-state index contributed by atoms with van der Waals surface area (Å²) in [5, 5.41) is 0.655. The molecule has 0 saturated carbocycles. The number of nitrogens with one attached hydrogen (secondary N) is 2. The fourth-order valence-corrected chi connectivity index (χ4v) is 2.90. The minimum atomic E-state index is -2.64. The zero-order chi connectivity index (χ0) is 18.0. The van der Waals surface area contributed by atoms with Crippen LogP contribution in [-0.2, 0) is 0 Å². The lowest BCUT2D eigenvalue weighted by Crippen LogP contribution is -2.00. The molecule has 2 N–H and O–H groups in total. The van der Waals surface area contributed by atoms with Crippen molar-refractivity contribution in [2.75, 3.05) is 18.9 Å². The SMILES string of the molecule is COc1nc(OC)c(NSc2c[nH]c3nc(C(F)F)ccc23)cc1F. The summed E-state index contributed by atoms with van der Waals surface area (Å²) in [6, 6.07) is 4.01. The van der Waals surface area contributed by atoms with Crippen LogP contribution in [0.5, 0.6) is 11.8 Å². The van der Waals surface area contributed by atoms with Crippen molar-refractivity contribution >= 4 is 28.7 Å². The molecule has 0 unspecified atom stereocenters. The van der Waals surface area contributed by atoms with Crippen LogP contribution in [0.1, 0.15) is 12.1 Å². The molecule has 0 spiro atoms. The Kier molecular flexibility index (Phi) is 4.88. The highest BCUT2D eigenvalue weighted by Crippen LogP contribution is 2.34. The maximum Gasteiger partial charge on any atom is 0.280 e. The third-order valence-electron chi connectivity index (χ3n) is 3.31. The number of H-pyrrole nitrogens is 1. The lowest BCUT2D eigenvalue weighted by molar-refractivity contribution is 0.146. The zero-order valence-corrected chi connectivity index (χ0v) is 14.0. The molecule has 0 aliphatic rings. The summed E-state index contributed by atoms with van der Waals surface area (Å²) in [4.78, 5) is 11.3. The van der Waals surface area contributed by atoms with E-state index >= 15 is 0 Å². The second-order valence-electron chi connectivity index (χ2n) is 4.83. The van der Waals surface area contributed by atoms with Gasteiger partial charge in [-0.05, 0) is 24.1 Å². The Labute approximate surface area is 144 Å². The van der Waals surface area contributed by atoms with Crippen LogP contribution < -0.4 is 14.2 Å². The highest BCUT2D eigenvalue weighted by Gasteiger charge is 2.15. The van der Waals surface area contributed by atoms with Gasteiger partial charge in [-0.2, -0.15) is 4.98 Å². The first-order chi connectivity index (χ1) is 12.0. The molecule has 0 saturated heterocycles. The van der Waals surface area contributed by atoms with Crippen LogP contribution in [0.3, 0.4) is 0 Å². The highest BCUT2D eigenvalue weighted by molar-refractivity contribution is 8.00. The van der Waals surface area contributed by atoms with E-state index in [1.807, 2.05) is 0 Å². The van der Waals surface area contributed by atoms with Crippen molar-refractivity contribution in [3.8, 4) is 11.8 Å². The summed E-state index contributed by atoms with van der Waals surface area (Å²) in [5.74, 6) is -0.666. The molecule has 3 aromatic heterocycles. The van der Waals surface area contributed by atoms with Crippen molar-refractivity contribution in [1.82, 2.24) is 15.0 Å². The van der Waals surface area contributed by atoms with Gasteiger partial charge in [-0.25, -0.2) is 18.2 Å². The van der Waals surface area contributed by atoms with E-state index in [4.69, 9.17) is 9.47 Å². The maximum absolute atomic E-state index is 13.8. The summed E-state index contributed by atoms with van der Waals surface area (Å²) in [7, 11) is 2.70. The van der Waals surface area contributed by atoms with E-state index in [1.165, 1.54) is 26.4 Å². The molecule has 0 bridgehead atoms. The first-order valence-electron chi connectivity index (χ1n) is 7.01. The number of ether oxygens (including phenoxy) is 2. The third-order valence-corrected chi connectivity index (χ3v) is 4.19. The molecule has 25 heavy (non-hydrogen) atoms. The Morgan fingerprint density at radius 3 is 2.60 bits per heavy atom. The fourth-order valence-electron chi connectivity index (χ4n) is 2.14. The Bertz CT molecular complexity index is 904.